The summed E-state index contributed by atoms with van der Waals surface area (Å²) in [6.07, 6.45) is 3.23. The van der Waals surface area contributed by atoms with Crippen LogP contribution in [-0.4, -0.2) is 38.0 Å². The Kier molecular flexibility index (Phi) is 4.99. The first-order valence-electron chi connectivity index (χ1n) is 8.39. The number of β-lactam (4-membered cyclic amide) rings is 1. The normalized spacial score (nSPS) is 21.9. The van der Waals surface area contributed by atoms with Crippen molar-refractivity contribution in [3.8, 4) is 5.75 Å². The molecule has 1 heterocycles. The van der Waals surface area contributed by atoms with E-state index in [2.05, 4.69) is 0 Å². The molecular weight excluding hydrogens is 349 g/mol. The highest BCUT2D eigenvalue weighted by atomic mass is 19.1. The van der Waals surface area contributed by atoms with E-state index in [9.17, 15) is 14.0 Å². The summed E-state index contributed by atoms with van der Waals surface area (Å²) >= 11 is 0. The molecule has 0 unspecified atom stereocenters. The highest BCUT2D eigenvalue weighted by Gasteiger charge is 2.64. The summed E-state index contributed by atoms with van der Waals surface area (Å²) in [5.41, 5.74) is -0.139. The van der Waals surface area contributed by atoms with E-state index in [1.54, 1.807) is 44.5 Å². The fraction of sp³-hybridized carbons (Fsp3) is 0.238. The smallest absolute Gasteiger partial charge is 0.327 e. The Bertz CT molecular complexity index is 883. The van der Waals surface area contributed by atoms with Crippen LogP contribution in [0.1, 0.15) is 17.2 Å². The molecule has 0 aromatic heterocycles. The van der Waals surface area contributed by atoms with Gasteiger partial charge in [-0.15, -0.1) is 0 Å². The van der Waals surface area contributed by atoms with Crippen molar-refractivity contribution in [3.05, 3.63) is 71.6 Å². The minimum Gasteiger partial charge on any atom is -0.496 e. The average molecular weight is 369 g/mol. The highest BCUT2D eigenvalue weighted by Crippen LogP contribution is 2.51. The molecule has 0 aliphatic carbocycles. The van der Waals surface area contributed by atoms with Crippen LogP contribution in [0, 0.1) is 11.2 Å². The molecule has 0 radical (unpaired) electrons. The molecule has 2 aromatic carbocycles. The standard InChI is InChI=1S/C21H20FNO4/c1-23-18(15-8-10-16(22)11-9-15)21(19(23)24,20(25)27-3)13-12-14-6-4-5-7-17(14)26-2/h4-13,18H,1-3H3/b13-12+/t18-,21+/m1/s1. The van der Waals surface area contributed by atoms with Crippen molar-refractivity contribution in [2.24, 2.45) is 5.41 Å². The third-order valence-corrected chi connectivity index (χ3v) is 4.87. The monoisotopic (exact) mass is 369 g/mol. The second-order valence-corrected chi connectivity index (χ2v) is 6.31. The van der Waals surface area contributed by atoms with Crippen molar-refractivity contribution in [1.82, 2.24) is 4.90 Å². The topological polar surface area (TPSA) is 55.8 Å². The molecule has 0 bridgehead atoms. The van der Waals surface area contributed by atoms with Gasteiger partial charge < -0.3 is 14.4 Å². The number of hydrogen-bond donors (Lipinski definition) is 0. The number of esters is 1. The molecule has 1 saturated heterocycles. The van der Waals surface area contributed by atoms with Gasteiger partial charge in [-0.2, -0.15) is 0 Å². The quantitative estimate of drug-likeness (QED) is 0.461. The second-order valence-electron chi connectivity index (χ2n) is 6.31. The molecule has 1 amide bonds. The molecule has 0 saturated carbocycles. The van der Waals surface area contributed by atoms with Gasteiger partial charge in [-0.3, -0.25) is 9.59 Å². The van der Waals surface area contributed by atoms with Gasteiger partial charge in [0.05, 0.1) is 20.3 Å². The van der Waals surface area contributed by atoms with Gasteiger partial charge in [-0.05, 0) is 23.8 Å². The molecule has 2 aromatic rings. The van der Waals surface area contributed by atoms with E-state index in [-0.39, 0.29) is 11.7 Å². The van der Waals surface area contributed by atoms with Crippen LogP contribution >= 0.6 is 0 Å². The highest BCUT2D eigenvalue weighted by molar-refractivity contribution is 6.11. The zero-order chi connectivity index (χ0) is 19.6. The van der Waals surface area contributed by atoms with Crippen LogP contribution in [0.2, 0.25) is 0 Å². The number of halogens is 1. The largest absolute Gasteiger partial charge is 0.496 e. The molecule has 0 spiro atoms. The van der Waals surface area contributed by atoms with E-state index in [0.29, 0.717) is 11.3 Å². The number of methoxy groups -OCH3 is 2. The third kappa shape index (κ3) is 2.97. The first kappa shape index (κ1) is 18.6. The fourth-order valence-corrected chi connectivity index (χ4v) is 3.52. The van der Waals surface area contributed by atoms with Gasteiger partial charge in [0.2, 0.25) is 5.91 Å². The Hall–Kier alpha value is -3.15. The van der Waals surface area contributed by atoms with E-state index in [0.717, 1.165) is 5.56 Å². The van der Waals surface area contributed by atoms with Crippen LogP contribution < -0.4 is 4.74 Å². The predicted molar refractivity (Wildman–Crippen MR) is 98.4 cm³/mol. The maximum absolute atomic E-state index is 13.3. The van der Waals surface area contributed by atoms with Gasteiger partial charge in [0, 0.05) is 12.6 Å². The number of hydrogen-bond acceptors (Lipinski definition) is 4. The van der Waals surface area contributed by atoms with E-state index >= 15 is 0 Å². The summed E-state index contributed by atoms with van der Waals surface area (Å²) in [7, 11) is 4.40. The lowest BCUT2D eigenvalue weighted by Gasteiger charge is -2.51. The maximum Gasteiger partial charge on any atom is 0.327 e. The van der Waals surface area contributed by atoms with Crippen LogP contribution in [0.3, 0.4) is 0 Å². The van der Waals surface area contributed by atoms with Crippen molar-refractivity contribution in [2.75, 3.05) is 21.3 Å². The third-order valence-electron chi connectivity index (χ3n) is 4.87. The number of benzene rings is 2. The van der Waals surface area contributed by atoms with E-state index in [1.165, 1.54) is 24.1 Å². The molecule has 3 rings (SSSR count). The first-order valence-corrected chi connectivity index (χ1v) is 8.39. The van der Waals surface area contributed by atoms with Crippen LogP contribution in [0.4, 0.5) is 4.39 Å². The number of para-hydroxylation sites is 1. The Morgan fingerprint density at radius 3 is 2.44 bits per heavy atom. The number of likely N-dealkylation sites (tertiary alicyclic amines) is 1. The van der Waals surface area contributed by atoms with Gasteiger partial charge >= 0.3 is 5.97 Å². The lowest BCUT2D eigenvalue weighted by Crippen LogP contribution is -2.64. The zero-order valence-electron chi connectivity index (χ0n) is 15.3. The number of carbonyl (C=O) groups is 2. The maximum atomic E-state index is 13.3. The summed E-state index contributed by atoms with van der Waals surface area (Å²) in [5, 5.41) is 0. The molecule has 1 fully saturated rings. The van der Waals surface area contributed by atoms with Crippen molar-refractivity contribution < 1.29 is 23.5 Å². The van der Waals surface area contributed by atoms with Gasteiger partial charge in [0.1, 0.15) is 11.6 Å². The van der Waals surface area contributed by atoms with Crippen LogP contribution in [0.5, 0.6) is 5.75 Å². The van der Waals surface area contributed by atoms with Crippen LogP contribution in [0.25, 0.3) is 6.08 Å². The molecule has 6 heteroatoms. The average Bonchev–Trinajstić information content (AvgIpc) is 2.71. The molecule has 2 atom stereocenters. The molecule has 1 aliphatic heterocycles. The van der Waals surface area contributed by atoms with E-state index < -0.39 is 17.4 Å². The molecule has 5 nitrogen and oxygen atoms in total. The zero-order valence-corrected chi connectivity index (χ0v) is 15.3. The van der Waals surface area contributed by atoms with E-state index in [4.69, 9.17) is 9.47 Å². The molecule has 140 valence electrons. The second kappa shape index (κ2) is 7.23. The van der Waals surface area contributed by atoms with E-state index in [1.807, 2.05) is 18.2 Å². The van der Waals surface area contributed by atoms with Crippen molar-refractivity contribution >= 4 is 18.0 Å². The molecule has 1 aliphatic rings. The van der Waals surface area contributed by atoms with Crippen LogP contribution in [0.15, 0.2) is 54.6 Å². The van der Waals surface area contributed by atoms with Gasteiger partial charge in [0.25, 0.3) is 0 Å². The number of nitrogens with zero attached hydrogens (tertiary/aromatic N) is 1. The summed E-state index contributed by atoms with van der Waals surface area (Å²) in [5.74, 6) is -0.812. The minimum atomic E-state index is -1.51. The van der Waals surface area contributed by atoms with Gasteiger partial charge in [-0.1, -0.05) is 42.5 Å². The Morgan fingerprint density at radius 2 is 1.81 bits per heavy atom. The summed E-state index contributed by atoms with van der Waals surface area (Å²) < 4.78 is 23.6. The number of amides is 1. The number of ether oxygens (including phenoxy) is 2. The van der Waals surface area contributed by atoms with Gasteiger partial charge in [0.15, 0.2) is 5.41 Å². The summed E-state index contributed by atoms with van der Waals surface area (Å²) in [6.45, 7) is 0. The van der Waals surface area contributed by atoms with Crippen LogP contribution in [-0.2, 0) is 14.3 Å². The molecule has 27 heavy (non-hydrogen) atoms. The SMILES string of the molecule is COC(=O)[C@]1(/C=C/c2ccccc2OC)C(=O)N(C)[C@@H]1c1ccc(F)cc1. The molecular formula is C21H20FNO4. The molecule has 0 N–H and O–H groups in total. The summed E-state index contributed by atoms with van der Waals surface area (Å²) in [6, 6.07) is 12.4. The van der Waals surface area contributed by atoms with Crippen molar-refractivity contribution in [3.63, 3.8) is 0 Å². The Labute approximate surface area is 157 Å². The Morgan fingerprint density at radius 1 is 1.15 bits per heavy atom. The number of rotatable bonds is 5. The lowest BCUT2D eigenvalue weighted by atomic mass is 9.67. The first-order chi connectivity index (χ1) is 13.0. The van der Waals surface area contributed by atoms with Crippen molar-refractivity contribution in [2.45, 2.75) is 6.04 Å². The predicted octanol–water partition coefficient (Wildman–Crippen LogP) is 3.22. The minimum absolute atomic E-state index is 0.380. The number of carbonyl (C=O) groups excluding carboxylic acids is 2. The Balaban J connectivity index is 2.08. The summed E-state index contributed by atoms with van der Waals surface area (Å²) in [4.78, 5) is 26.9. The van der Waals surface area contributed by atoms with Gasteiger partial charge in [-0.25, -0.2) is 4.39 Å². The van der Waals surface area contributed by atoms with Crippen molar-refractivity contribution in [1.29, 1.82) is 0 Å². The lowest BCUT2D eigenvalue weighted by molar-refractivity contribution is -0.180. The fourth-order valence-electron chi connectivity index (χ4n) is 3.52.